The number of hydrogen-bond donors (Lipinski definition) is 7. The standard InChI is InChI=1S/C17H34NO12/c1-18(2,3)4-5-26-27-7-10-11(21)13(23)14(24)16(28-10)30-17(8-20)15(25)12(22)9(6-19)29-17/h9-16,19-25H,4-8H2,1-3H3/q+1/t9-,10-,11-,12-,13+,14-,15+,16-,17+/m1/s1. The van der Waals surface area contributed by atoms with Gasteiger partial charge in [0.2, 0.25) is 5.79 Å². The molecule has 13 nitrogen and oxygen atoms in total. The van der Waals surface area contributed by atoms with Gasteiger partial charge in [0, 0.05) is 0 Å². The summed E-state index contributed by atoms with van der Waals surface area (Å²) in [7, 11) is 5.89. The lowest BCUT2D eigenvalue weighted by atomic mass is 9.99. The number of aliphatic hydroxyl groups excluding tert-OH is 7. The Labute approximate surface area is 174 Å². The molecule has 2 aliphatic rings. The zero-order valence-electron chi connectivity index (χ0n) is 17.3. The van der Waals surface area contributed by atoms with Gasteiger partial charge >= 0.3 is 0 Å². The molecule has 13 heteroatoms. The largest absolute Gasteiger partial charge is 0.394 e. The maximum absolute atomic E-state index is 10.2. The number of nitrogens with zero attached hydrogens (tertiary/aromatic N) is 1. The molecule has 178 valence electrons. The molecule has 0 radical (unpaired) electrons. The third-order valence-electron chi connectivity index (χ3n) is 5.05. The quantitative estimate of drug-likeness (QED) is 0.0739. The normalized spacial score (nSPS) is 42.6. The first-order valence-electron chi connectivity index (χ1n) is 9.64. The topological polar surface area (TPSA) is 188 Å². The van der Waals surface area contributed by atoms with Crippen molar-refractivity contribution in [2.24, 2.45) is 0 Å². The lowest BCUT2D eigenvalue weighted by Gasteiger charge is -2.43. The van der Waals surface area contributed by atoms with Crippen LogP contribution < -0.4 is 0 Å². The molecule has 2 aliphatic heterocycles. The number of rotatable bonds is 10. The Morgan fingerprint density at radius 1 is 0.867 bits per heavy atom. The van der Waals surface area contributed by atoms with Crippen LogP contribution in [0.2, 0.25) is 0 Å². The van der Waals surface area contributed by atoms with Crippen LogP contribution in [-0.2, 0) is 24.0 Å². The fourth-order valence-corrected chi connectivity index (χ4v) is 3.10. The van der Waals surface area contributed by atoms with Crippen molar-refractivity contribution in [1.29, 1.82) is 0 Å². The van der Waals surface area contributed by atoms with Gasteiger partial charge in [0.05, 0.1) is 27.7 Å². The molecule has 0 saturated carbocycles. The van der Waals surface area contributed by atoms with E-state index in [2.05, 4.69) is 0 Å². The highest BCUT2D eigenvalue weighted by atomic mass is 17.2. The predicted octanol–water partition coefficient (Wildman–Crippen LogP) is -4.73. The second-order valence-electron chi connectivity index (χ2n) is 8.50. The molecular weight excluding hydrogens is 410 g/mol. The van der Waals surface area contributed by atoms with Gasteiger partial charge in [-0.3, -0.25) is 0 Å². The van der Waals surface area contributed by atoms with E-state index < -0.39 is 68.0 Å². The van der Waals surface area contributed by atoms with Crippen LogP contribution in [0.5, 0.6) is 0 Å². The smallest absolute Gasteiger partial charge is 0.224 e. The summed E-state index contributed by atoms with van der Waals surface area (Å²) in [4.78, 5) is 10.1. The second-order valence-corrected chi connectivity index (χ2v) is 8.50. The number of quaternary nitrogens is 1. The maximum atomic E-state index is 10.2. The number of ether oxygens (including phenoxy) is 3. The van der Waals surface area contributed by atoms with E-state index in [-0.39, 0.29) is 13.2 Å². The summed E-state index contributed by atoms with van der Waals surface area (Å²) in [5.41, 5.74) is 0. The van der Waals surface area contributed by atoms with Crippen LogP contribution in [0.3, 0.4) is 0 Å². The van der Waals surface area contributed by atoms with Crippen molar-refractivity contribution in [3.63, 3.8) is 0 Å². The SMILES string of the molecule is C[N+](C)(C)CCOOC[C@H]1O[C@H](O[C@]2(CO)O[C@H](CO)[C@@H](O)[C@@H]2O)[C@H](O)[C@@H](O)[C@@H]1O. The predicted molar refractivity (Wildman–Crippen MR) is 96.4 cm³/mol. The van der Waals surface area contributed by atoms with E-state index in [0.29, 0.717) is 11.0 Å². The Bertz CT molecular complexity index is 533. The molecule has 9 atom stereocenters. The Morgan fingerprint density at radius 2 is 1.53 bits per heavy atom. The van der Waals surface area contributed by atoms with Gasteiger partial charge in [0.1, 0.15) is 69.1 Å². The number of hydrogen-bond acceptors (Lipinski definition) is 12. The molecule has 2 fully saturated rings. The van der Waals surface area contributed by atoms with E-state index >= 15 is 0 Å². The van der Waals surface area contributed by atoms with Crippen LogP contribution in [0.1, 0.15) is 0 Å². The van der Waals surface area contributed by atoms with Crippen molar-refractivity contribution in [2.75, 3.05) is 54.1 Å². The summed E-state index contributed by atoms with van der Waals surface area (Å²) < 4.78 is 16.7. The van der Waals surface area contributed by atoms with Crippen molar-refractivity contribution >= 4 is 0 Å². The molecule has 0 unspecified atom stereocenters. The third kappa shape index (κ3) is 5.83. The zero-order chi connectivity index (χ0) is 22.7. The molecule has 0 aliphatic carbocycles. The van der Waals surface area contributed by atoms with Gasteiger partial charge in [-0.1, -0.05) is 0 Å². The van der Waals surface area contributed by atoms with Gasteiger partial charge in [-0.05, 0) is 0 Å². The molecule has 2 rings (SSSR count). The van der Waals surface area contributed by atoms with E-state index in [1.807, 2.05) is 21.1 Å². The third-order valence-corrected chi connectivity index (χ3v) is 5.05. The van der Waals surface area contributed by atoms with Gasteiger partial charge in [0.15, 0.2) is 6.29 Å². The molecule has 0 aromatic heterocycles. The summed E-state index contributed by atoms with van der Waals surface area (Å²) >= 11 is 0. The molecular formula is C17H34NO12+. The molecule has 0 spiro atoms. The Morgan fingerprint density at radius 3 is 2.07 bits per heavy atom. The maximum Gasteiger partial charge on any atom is 0.224 e. The summed E-state index contributed by atoms with van der Waals surface area (Å²) in [6.07, 6.45) is -12.5. The fraction of sp³-hybridized carbons (Fsp3) is 1.00. The van der Waals surface area contributed by atoms with Crippen LogP contribution in [-0.4, -0.2) is 149 Å². The lowest BCUT2D eigenvalue weighted by Crippen LogP contribution is -2.62. The molecule has 2 saturated heterocycles. The first-order chi connectivity index (χ1) is 14.0. The zero-order valence-corrected chi connectivity index (χ0v) is 17.3. The van der Waals surface area contributed by atoms with Gasteiger partial charge < -0.3 is 54.4 Å². The molecule has 0 amide bonds. The van der Waals surface area contributed by atoms with Crippen LogP contribution in [0.15, 0.2) is 0 Å². The molecule has 7 N–H and O–H groups in total. The van der Waals surface area contributed by atoms with E-state index in [4.69, 9.17) is 24.0 Å². The average molecular weight is 444 g/mol. The van der Waals surface area contributed by atoms with Crippen LogP contribution in [0.4, 0.5) is 0 Å². The summed E-state index contributed by atoms with van der Waals surface area (Å²) in [6, 6.07) is 0. The fourth-order valence-electron chi connectivity index (χ4n) is 3.10. The van der Waals surface area contributed by atoms with E-state index in [0.717, 1.165) is 0 Å². The molecule has 0 aromatic carbocycles. The number of likely N-dealkylation sites (N-methyl/N-ethyl adjacent to an activating group) is 1. The molecule has 30 heavy (non-hydrogen) atoms. The van der Waals surface area contributed by atoms with Crippen molar-refractivity contribution in [3.8, 4) is 0 Å². The minimum absolute atomic E-state index is 0.255. The molecule has 0 bridgehead atoms. The van der Waals surface area contributed by atoms with Crippen molar-refractivity contribution in [2.45, 2.75) is 54.8 Å². The van der Waals surface area contributed by atoms with Crippen LogP contribution in [0, 0.1) is 0 Å². The van der Waals surface area contributed by atoms with Crippen molar-refractivity contribution in [3.05, 3.63) is 0 Å². The monoisotopic (exact) mass is 444 g/mol. The van der Waals surface area contributed by atoms with Crippen LogP contribution in [0.25, 0.3) is 0 Å². The lowest BCUT2D eigenvalue weighted by molar-refractivity contribution is -0.871. The van der Waals surface area contributed by atoms with Crippen molar-refractivity contribution in [1.82, 2.24) is 0 Å². The highest BCUT2D eigenvalue weighted by Gasteiger charge is 2.58. The van der Waals surface area contributed by atoms with Crippen LogP contribution >= 0.6 is 0 Å². The van der Waals surface area contributed by atoms with E-state index in [9.17, 15) is 35.7 Å². The second kappa shape index (κ2) is 10.4. The Kier molecular flexibility index (Phi) is 8.92. The van der Waals surface area contributed by atoms with E-state index in [1.54, 1.807) is 0 Å². The molecule has 2 heterocycles. The van der Waals surface area contributed by atoms with E-state index in [1.165, 1.54) is 0 Å². The van der Waals surface area contributed by atoms with Crippen molar-refractivity contribution < 1.29 is 64.2 Å². The highest BCUT2D eigenvalue weighted by Crippen LogP contribution is 2.35. The first kappa shape index (κ1) is 25.7. The average Bonchev–Trinajstić information content (AvgIpc) is 2.93. The summed E-state index contributed by atoms with van der Waals surface area (Å²) in [5, 5.41) is 69.5. The highest BCUT2D eigenvalue weighted by molar-refractivity contribution is 4.98. The van der Waals surface area contributed by atoms with Gasteiger partial charge in [0.25, 0.3) is 0 Å². The minimum atomic E-state index is -2.23. The Hall–Kier alpha value is -0.520. The summed E-state index contributed by atoms with van der Waals surface area (Å²) in [5.74, 6) is -2.23. The van der Waals surface area contributed by atoms with Gasteiger partial charge in [-0.2, -0.15) is 0 Å². The van der Waals surface area contributed by atoms with Gasteiger partial charge in [-0.15, -0.1) is 0 Å². The molecule has 0 aromatic rings. The minimum Gasteiger partial charge on any atom is -0.394 e. The first-order valence-corrected chi connectivity index (χ1v) is 9.64. The Balaban J connectivity index is 2.00. The summed E-state index contributed by atoms with van der Waals surface area (Å²) in [6.45, 7) is -1.04. The van der Waals surface area contributed by atoms with Gasteiger partial charge in [-0.25, -0.2) is 9.78 Å². The number of aliphatic hydroxyl groups is 7.